The average molecular weight is 340 g/mol. The molecule has 1 aromatic rings. The first-order valence-corrected chi connectivity index (χ1v) is 9.74. The fourth-order valence-corrected chi connectivity index (χ4v) is 4.99. The second kappa shape index (κ2) is 7.75. The Labute approximate surface area is 140 Å². The fourth-order valence-electron chi connectivity index (χ4n) is 3.42. The van der Waals surface area contributed by atoms with Crippen LogP contribution in [0.1, 0.15) is 38.3 Å². The largest absolute Gasteiger partial charge is 0.301 e. The standard InChI is InChI=1S/C17H29N3O2S/c1-14-9-8-12-20(13-14)23(21,22)18-15(2)17(19(3)4)16-10-6-5-7-11-16/h5-7,10-11,14-15,17-18H,8-9,12-13H2,1-4H3/t14-,15+,17-/m1/s1. The topological polar surface area (TPSA) is 52.7 Å². The Morgan fingerprint density at radius 2 is 1.91 bits per heavy atom. The van der Waals surface area contributed by atoms with Gasteiger partial charge in [0, 0.05) is 19.1 Å². The summed E-state index contributed by atoms with van der Waals surface area (Å²) in [6, 6.07) is 9.80. The Kier molecular flexibility index (Phi) is 6.19. The molecule has 1 heterocycles. The molecule has 2 rings (SSSR count). The van der Waals surface area contributed by atoms with Gasteiger partial charge < -0.3 is 4.90 Å². The van der Waals surface area contributed by atoms with Crippen molar-refractivity contribution in [3.63, 3.8) is 0 Å². The van der Waals surface area contributed by atoms with Crippen molar-refractivity contribution >= 4 is 10.2 Å². The quantitative estimate of drug-likeness (QED) is 0.865. The van der Waals surface area contributed by atoms with E-state index >= 15 is 0 Å². The van der Waals surface area contributed by atoms with Crippen molar-refractivity contribution in [2.24, 2.45) is 5.92 Å². The number of piperidine rings is 1. The normalized spacial score (nSPS) is 22.9. The van der Waals surface area contributed by atoms with Crippen molar-refractivity contribution < 1.29 is 8.42 Å². The number of likely N-dealkylation sites (N-methyl/N-ethyl adjacent to an activating group) is 1. The van der Waals surface area contributed by atoms with Crippen molar-refractivity contribution in [1.82, 2.24) is 13.9 Å². The molecule has 1 aromatic carbocycles. The number of hydrogen-bond acceptors (Lipinski definition) is 3. The summed E-state index contributed by atoms with van der Waals surface area (Å²) < 4.78 is 29.9. The Morgan fingerprint density at radius 3 is 2.48 bits per heavy atom. The van der Waals surface area contributed by atoms with Crippen LogP contribution in [0.4, 0.5) is 0 Å². The van der Waals surface area contributed by atoms with Gasteiger partial charge in [0.1, 0.15) is 0 Å². The molecule has 5 nitrogen and oxygen atoms in total. The van der Waals surface area contributed by atoms with Crippen LogP contribution in [0.2, 0.25) is 0 Å². The number of hydrogen-bond donors (Lipinski definition) is 1. The molecule has 0 aromatic heterocycles. The van der Waals surface area contributed by atoms with Gasteiger partial charge in [0.15, 0.2) is 0 Å². The van der Waals surface area contributed by atoms with Crippen molar-refractivity contribution in [3.05, 3.63) is 35.9 Å². The van der Waals surface area contributed by atoms with Gasteiger partial charge in [-0.2, -0.15) is 17.4 Å². The smallest absolute Gasteiger partial charge is 0.279 e. The molecule has 0 radical (unpaired) electrons. The molecule has 0 spiro atoms. The molecule has 0 unspecified atom stereocenters. The van der Waals surface area contributed by atoms with Gasteiger partial charge >= 0.3 is 0 Å². The zero-order chi connectivity index (χ0) is 17.0. The summed E-state index contributed by atoms with van der Waals surface area (Å²) in [5.74, 6) is 0.425. The van der Waals surface area contributed by atoms with Crippen LogP contribution in [-0.4, -0.2) is 50.8 Å². The number of nitrogens with zero attached hydrogens (tertiary/aromatic N) is 2. The second-order valence-corrected chi connectivity index (χ2v) is 8.54. The Bertz CT molecular complexity index is 589. The van der Waals surface area contributed by atoms with E-state index in [0.29, 0.717) is 19.0 Å². The zero-order valence-electron chi connectivity index (χ0n) is 14.6. The predicted octanol–water partition coefficient (Wildman–Crippen LogP) is 2.24. The van der Waals surface area contributed by atoms with E-state index in [1.807, 2.05) is 51.4 Å². The second-order valence-electron chi connectivity index (χ2n) is 6.84. The average Bonchev–Trinajstić information content (AvgIpc) is 2.47. The van der Waals surface area contributed by atoms with Crippen LogP contribution in [-0.2, 0) is 10.2 Å². The highest BCUT2D eigenvalue weighted by atomic mass is 32.2. The molecule has 1 fully saturated rings. The SMILES string of the molecule is C[C@@H]1CCCN(S(=O)(=O)N[C@@H](C)[C@H](c2ccccc2)N(C)C)C1. The molecular formula is C17H29N3O2S. The van der Waals surface area contributed by atoms with E-state index in [9.17, 15) is 8.42 Å². The lowest BCUT2D eigenvalue weighted by molar-refractivity contribution is 0.245. The van der Waals surface area contributed by atoms with E-state index in [0.717, 1.165) is 18.4 Å². The summed E-state index contributed by atoms with van der Waals surface area (Å²) >= 11 is 0. The minimum absolute atomic E-state index is 0.00631. The molecule has 0 bridgehead atoms. The van der Waals surface area contributed by atoms with E-state index in [2.05, 4.69) is 16.5 Å². The minimum atomic E-state index is -3.45. The third-order valence-electron chi connectivity index (χ3n) is 4.47. The monoisotopic (exact) mass is 339 g/mol. The van der Waals surface area contributed by atoms with E-state index in [1.165, 1.54) is 0 Å². The maximum atomic E-state index is 12.7. The van der Waals surface area contributed by atoms with Gasteiger partial charge in [-0.15, -0.1) is 0 Å². The van der Waals surface area contributed by atoms with Crippen LogP contribution >= 0.6 is 0 Å². The molecule has 3 atom stereocenters. The first kappa shape index (κ1) is 18.4. The summed E-state index contributed by atoms with van der Waals surface area (Å²) in [6.07, 6.45) is 2.04. The summed E-state index contributed by atoms with van der Waals surface area (Å²) in [5.41, 5.74) is 1.11. The van der Waals surface area contributed by atoms with E-state index in [-0.39, 0.29) is 12.1 Å². The molecule has 0 amide bonds. The molecule has 1 saturated heterocycles. The van der Waals surface area contributed by atoms with Gasteiger partial charge in [-0.25, -0.2) is 0 Å². The van der Waals surface area contributed by atoms with Gasteiger partial charge in [0.2, 0.25) is 0 Å². The lowest BCUT2D eigenvalue weighted by Crippen LogP contribution is -2.50. The maximum absolute atomic E-state index is 12.7. The number of benzene rings is 1. The Balaban J connectivity index is 2.13. The lowest BCUT2D eigenvalue weighted by Gasteiger charge is -2.35. The van der Waals surface area contributed by atoms with E-state index < -0.39 is 10.2 Å². The first-order chi connectivity index (χ1) is 10.8. The highest BCUT2D eigenvalue weighted by Crippen LogP contribution is 2.24. The van der Waals surface area contributed by atoms with Gasteiger partial charge in [-0.1, -0.05) is 37.3 Å². The summed E-state index contributed by atoms with van der Waals surface area (Å²) in [4.78, 5) is 2.06. The number of nitrogens with one attached hydrogen (secondary N) is 1. The van der Waals surface area contributed by atoms with Gasteiger partial charge in [0.25, 0.3) is 10.2 Å². The Hall–Kier alpha value is -0.950. The zero-order valence-corrected chi connectivity index (χ0v) is 15.4. The fraction of sp³-hybridized carbons (Fsp3) is 0.647. The summed E-state index contributed by atoms with van der Waals surface area (Å²) in [6.45, 7) is 5.27. The van der Waals surface area contributed by atoms with Gasteiger partial charge in [-0.3, -0.25) is 0 Å². The van der Waals surface area contributed by atoms with Crippen LogP contribution < -0.4 is 4.72 Å². The van der Waals surface area contributed by atoms with Gasteiger partial charge in [0.05, 0.1) is 6.04 Å². The highest BCUT2D eigenvalue weighted by molar-refractivity contribution is 7.87. The molecule has 1 N–H and O–H groups in total. The Morgan fingerprint density at radius 1 is 1.26 bits per heavy atom. The molecule has 6 heteroatoms. The maximum Gasteiger partial charge on any atom is 0.279 e. The molecule has 1 aliphatic heterocycles. The van der Waals surface area contributed by atoms with Crippen LogP contribution in [0.5, 0.6) is 0 Å². The summed E-state index contributed by atoms with van der Waals surface area (Å²) in [5, 5.41) is 0. The minimum Gasteiger partial charge on any atom is -0.301 e. The van der Waals surface area contributed by atoms with Crippen LogP contribution in [0, 0.1) is 5.92 Å². The van der Waals surface area contributed by atoms with Crippen LogP contribution in [0.15, 0.2) is 30.3 Å². The third kappa shape index (κ3) is 4.76. The first-order valence-electron chi connectivity index (χ1n) is 8.30. The van der Waals surface area contributed by atoms with Crippen molar-refractivity contribution in [2.45, 2.75) is 38.8 Å². The molecule has 1 aliphatic rings. The van der Waals surface area contributed by atoms with Gasteiger partial charge in [-0.05, 0) is 45.3 Å². The molecule has 0 saturated carbocycles. The highest BCUT2D eigenvalue weighted by Gasteiger charge is 2.31. The molecule has 23 heavy (non-hydrogen) atoms. The molecule has 130 valence electrons. The van der Waals surface area contributed by atoms with E-state index in [4.69, 9.17) is 0 Å². The lowest BCUT2D eigenvalue weighted by atomic mass is 10.0. The third-order valence-corrected chi connectivity index (χ3v) is 6.15. The van der Waals surface area contributed by atoms with Crippen LogP contribution in [0.3, 0.4) is 0 Å². The predicted molar refractivity (Wildman–Crippen MR) is 94.4 cm³/mol. The number of rotatable bonds is 6. The van der Waals surface area contributed by atoms with Crippen molar-refractivity contribution in [1.29, 1.82) is 0 Å². The van der Waals surface area contributed by atoms with Crippen molar-refractivity contribution in [2.75, 3.05) is 27.2 Å². The molecule has 0 aliphatic carbocycles. The van der Waals surface area contributed by atoms with Crippen LogP contribution in [0.25, 0.3) is 0 Å². The van der Waals surface area contributed by atoms with Crippen molar-refractivity contribution in [3.8, 4) is 0 Å². The van der Waals surface area contributed by atoms with E-state index in [1.54, 1.807) is 4.31 Å². The molecular weight excluding hydrogens is 310 g/mol. The summed E-state index contributed by atoms with van der Waals surface area (Å²) in [7, 11) is 0.510.